The first-order chi connectivity index (χ1) is 15.1. The van der Waals surface area contributed by atoms with Crippen molar-refractivity contribution in [3.63, 3.8) is 0 Å². The van der Waals surface area contributed by atoms with Crippen LogP contribution in [0, 0.1) is 10.8 Å². The Morgan fingerprint density at radius 1 is 0.903 bits per heavy atom. The second kappa shape index (κ2) is 6.91. The number of hydrogen-bond donors (Lipinski definition) is 1. The zero-order valence-electron chi connectivity index (χ0n) is 17.0. The Morgan fingerprint density at radius 2 is 1.52 bits per heavy atom. The van der Waals surface area contributed by atoms with Gasteiger partial charge in [0.1, 0.15) is 5.75 Å². The Kier molecular flexibility index (Phi) is 4.29. The van der Waals surface area contributed by atoms with E-state index < -0.39 is 28.6 Å². The smallest absolute Gasteiger partial charge is 0.328 e. The van der Waals surface area contributed by atoms with E-state index in [1.54, 1.807) is 60.7 Å². The van der Waals surface area contributed by atoms with Crippen LogP contribution in [-0.2, 0) is 9.59 Å². The number of benzene rings is 3. The average Bonchev–Trinajstić information content (AvgIpc) is 3.47. The van der Waals surface area contributed by atoms with Crippen LogP contribution in [0.25, 0.3) is 0 Å². The lowest BCUT2D eigenvalue weighted by atomic mass is 9.82. The Bertz CT molecular complexity index is 1190. The molecule has 1 aliphatic heterocycles. The Hall–Kier alpha value is -3.73. The Labute approximate surface area is 180 Å². The number of rotatable bonds is 5. The number of para-hydroxylation sites is 2. The van der Waals surface area contributed by atoms with Gasteiger partial charge in [-0.05, 0) is 24.6 Å². The first-order valence-electron chi connectivity index (χ1n) is 10.3. The molecule has 0 spiro atoms. The van der Waals surface area contributed by atoms with E-state index in [2.05, 4.69) is 5.32 Å². The van der Waals surface area contributed by atoms with Crippen molar-refractivity contribution in [2.24, 2.45) is 10.8 Å². The number of carbonyl (C=O) groups is 3. The fourth-order valence-electron chi connectivity index (χ4n) is 5.30. The molecule has 3 aromatic carbocycles. The third kappa shape index (κ3) is 2.46. The SMILES string of the molecule is CC[C@]1(C(=O)c2ccccc2)[C@@H]2c3ccccc3OC(=O)[C@]21C(=O)Nc1ccccc1. The summed E-state index contributed by atoms with van der Waals surface area (Å²) >= 11 is 0. The van der Waals surface area contributed by atoms with Crippen molar-refractivity contribution in [1.82, 2.24) is 0 Å². The van der Waals surface area contributed by atoms with Crippen molar-refractivity contribution in [3.8, 4) is 5.75 Å². The van der Waals surface area contributed by atoms with Gasteiger partial charge in [0.05, 0.1) is 5.41 Å². The molecule has 1 aliphatic carbocycles. The highest BCUT2D eigenvalue weighted by Gasteiger charge is 2.89. The van der Waals surface area contributed by atoms with Gasteiger partial charge in [-0.15, -0.1) is 0 Å². The molecule has 0 radical (unpaired) electrons. The minimum absolute atomic E-state index is 0.211. The highest BCUT2D eigenvalue weighted by atomic mass is 16.5. The number of carbonyl (C=O) groups excluding carboxylic acids is 3. The van der Waals surface area contributed by atoms with Gasteiger partial charge in [-0.1, -0.05) is 73.7 Å². The van der Waals surface area contributed by atoms with Crippen LogP contribution in [0.1, 0.15) is 35.2 Å². The molecule has 1 N–H and O–H groups in total. The van der Waals surface area contributed by atoms with Gasteiger partial charge in [0.25, 0.3) is 0 Å². The highest BCUT2D eigenvalue weighted by molar-refractivity contribution is 6.23. The normalized spacial score (nSPS) is 25.6. The Balaban J connectivity index is 1.68. The molecule has 31 heavy (non-hydrogen) atoms. The van der Waals surface area contributed by atoms with Crippen LogP contribution < -0.4 is 10.1 Å². The van der Waals surface area contributed by atoms with Crippen LogP contribution >= 0.6 is 0 Å². The van der Waals surface area contributed by atoms with E-state index in [0.717, 1.165) is 5.56 Å². The number of anilines is 1. The van der Waals surface area contributed by atoms with Crippen LogP contribution in [0.3, 0.4) is 0 Å². The number of nitrogens with one attached hydrogen (secondary N) is 1. The van der Waals surface area contributed by atoms with Crippen molar-refractivity contribution in [2.75, 3.05) is 5.32 Å². The fourth-order valence-corrected chi connectivity index (χ4v) is 5.30. The van der Waals surface area contributed by atoms with E-state index in [0.29, 0.717) is 23.4 Å². The molecule has 1 heterocycles. The molecule has 3 aromatic rings. The molecule has 5 nitrogen and oxygen atoms in total. The molecular formula is C26H21NO4. The van der Waals surface area contributed by atoms with E-state index >= 15 is 0 Å². The van der Waals surface area contributed by atoms with Crippen molar-refractivity contribution >= 4 is 23.3 Å². The minimum Gasteiger partial charge on any atom is -0.425 e. The zero-order valence-corrected chi connectivity index (χ0v) is 17.0. The molecule has 0 saturated heterocycles. The monoisotopic (exact) mass is 411 g/mol. The summed E-state index contributed by atoms with van der Waals surface area (Å²) in [6, 6.07) is 25.0. The van der Waals surface area contributed by atoms with Crippen LogP contribution in [0.15, 0.2) is 84.9 Å². The van der Waals surface area contributed by atoms with Gasteiger partial charge in [0, 0.05) is 22.7 Å². The van der Waals surface area contributed by atoms with E-state index in [1.165, 1.54) is 0 Å². The molecular weight excluding hydrogens is 390 g/mol. The molecule has 1 amide bonds. The van der Waals surface area contributed by atoms with Crippen molar-refractivity contribution in [3.05, 3.63) is 96.1 Å². The zero-order chi connectivity index (χ0) is 21.6. The maximum Gasteiger partial charge on any atom is 0.328 e. The van der Waals surface area contributed by atoms with Crippen LogP contribution in [0.5, 0.6) is 5.75 Å². The summed E-state index contributed by atoms with van der Waals surface area (Å²) < 4.78 is 5.64. The summed E-state index contributed by atoms with van der Waals surface area (Å²) in [5, 5.41) is 2.86. The average molecular weight is 411 g/mol. The largest absolute Gasteiger partial charge is 0.425 e. The molecule has 0 aromatic heterocycles. The van der Waals surface area contributed by atoms with Crippen LogP contribution in [0.2, 0.25) is 0 Å². The summed E-state index contributed by atoms with van der Waals surface area (Å²) in [4.78, 5) is 41.0. The van der Waals surface area contributed by atoms with Crippen molar-refractivity contribution in [1.29, 1.82) is 0 Å². The van der Waals surface area contributed by atoms with Crippen molar-refractivity contribution in [2.45, 2.75) is 19.3 Å². The van der Waals surface area contributed by atoms with E-state index in [4.69, 9.17) is 4.74 Å². The minimum atomic E-state index is -1.61. The van der Waals surface area contributed by atoms with Crippen LogP contribution in [0.4, 0.5) is 5.69 Å². The lowest BCUT2D eigenvalue weighted by molar-refractivity contribution is -0.147. The number of Topliss-reactive ketones (excluding diaryl/α,β-unsaturated/α-hetero) is 1. The van der Waals surface area contributed by atoms with E-state index in [1.807, 2.05) is 31.2 Å². The van der Waals surface area contributed by atoms with Crippen molar-refractivity contribution < 1.29 is 19.1 Å². The number of ketones is 1. The van der Waals surface area contributed by atoms with Gasteiger partial charge in [-0.2, -0.15) is 0 Å². The molecule has 5 heteroatoms. The second-order valence-electron chi connectivity index (χ2n) is 8.01. The van der Waals surface area contributed by atoms with E-state index in [-0.39, 0.29) is 5.78 Å². The van der Waals surface area contributed by atoms with E-state index in [9.17, 15) is 14.4 Å². The van der Waals surface area contributed by atoms with Gasteiger partial charge in [-0.25, -0.2) is 0 Å². The first-order valence-corrected chi connectivity index (χ1v) is 10.3. The fraction of sp³-hybridized carbons (Fsp3) is 0.192. The van der Waals surface area contributed by atoms with Gasteiger partial charge in [0.15, 0.2) is 11.2 Å². The number of hydrogen-bond acceptors (Lipinski definition) is 4. The summed E-state index contributed by atoms with van der Waals surface area (Å²) in [7, 11) is 0. The lowest BCUT2D eigenvalue weighted by Gasteiger charge is -2.23. The quantitative estimate of drug-likeness (QED) is 0.288. The number of esters is 1. The summed E-state index contributed by atoms with van der Waals surface area (Å²) in [6.45, 7) is 1.85. The molecule has 0 bridgehead atoms. The summed E-state index contributed by atoms with van der Waals surface area (Å²) in [5.41, 5.74) is -1.06. The lowest BCUT2D eigenvalue weighted by Crippen LogP contribution is -2.42. The summed E-state index contributed by atoms with van der Waals surface area (Å²) in [6.07, 6.45) is 0.330. The number of amides is 1. The molecule has 5 rings (SSSR count). The summed E-state index contributed by atoms with van der Waals surface area (Å²) in [5.74, 6) is -1.56. The highest BCUT2D eigenvalue weighted by Crippen LogP contribution is 2.80. The molecule has 1 fully saturated rings. The Morgan fingerprint density at radius 3 is 2.19 bits per heavy atom. The maximum absolute atomic E-state index is 13.9. The van der Waals surface area contributed by atoms with Gasteiger partial charge in [-0.3, -0.25) is 14.4 Å². The third-order valence-electron chi connectivity index (χ3n) is 6.69. The molecule has 0 unspecified atom stereocenters. The number of ether oxygens (including phenoxy) is 1. The maximum atomic E-state index is 13.9. The topological polar surface area (TPSA) is 72.5 Å². The van der Waals surface area contributed by atoms with Gasteiger partial charge < -0.3 is 10.1 Å². The van der Waals surface area contributed by atoms with Gasteiger partial charge in [0.2, 0.25) is 5.91 Å². The second-order valence-corrected chi connectivity index (χ2v) is 8.01. The third-order valence-corrected chi connectivity index (χ3v) is 6.69. The predicted molar refractivity (Wildman–Crippen MR) is 116 cm³/mol. The standard InChI is InChI=1S/C26H21NO4/c1-2-25(22(28)17-11-5-3-6-12-17)21-19-15-9-10-16-20(19)31-24(30)26(21,25)23(29)27-18-13-7-4-8-14-18/h3-16,21H,2H2,1H3,(H,27,29)/t21-,25+,26+/m0/s1. The molecule has 1 saturated carbocycles. The predicted octanol–water partition coefficient (Wildman–Crippen LogP) is 4.61. The first kappa shape index (κ1) is 19.2. The van der Waals surface area contributed by atoms with Crippen LogP contribution in [-0.4, -0.2) is 17.7 Å². The molecule has 2 aliphatic rings. The number of fused-ring (bicyclic) bond motifs is 3. The van der Waals surface area contributed by atoms with Gasteiger partial charge >= 0.3 is 5.97 Å². The molecule has 154 valence electrons. The molecule has 3 atom stereocenters.